The van der Waals surface area contributed by atoms with Crippen molar-refractivity contribution < 1.29 is 4.42 Å². The van der Waals surface area contributed by atoms with E-state index in [4.69, 9.17) is 4.42 Å². The van der Waals surface area contributed by atoms with Crippen LogP contribution >= 0.6 is 22.7 Å². The summed E-state index contributed by atoms with van der Waals surface area (Å²) in [5, 5.41) is 7.22. The number of para-hydroxylation sites is 1. The molecule has 3 aromatic heterocycles. The first-order valence-corrected chi connectivity index (χ1v) is 21.2. The van der Waals surface area contributed by atoms with Gasteiger partial charge in [0.05, 0.1) is 11.4 Å². The topological polar surface area (TPSA) is 16.4 Å². The number of thiophene rings is 2. The Balaban J connectivity index is 1.23. The fraction of sp³-hybridized carbons (Fsp3) is 0. The highest BCUT2D eigenvalue weighted by Crippen LogP contribution is 2.54. The molecule has 0 amide bonds. The fourth-order valence-corrected chi connectivity index (χ4v) is 11.2. The highest BCUT2D eigenvalue weighted by molar-refractivity contribution is 7.26. The van der Waals surface area contributed by atoms with Crippen LogP contribution in [0.4, 0.5) is 17.1 Å². The molecular formula is C54H33NOS2. The molecule has 0 aliphatic carbocycles. The number of rotatable bonds is 6. The summed E-state index contributed by atoms with van der Waals surface area (Å²) < 4.78 is 11.7. The molecule has 3 heterocycles. The number of anilines is 3. The Labute approximate surface area is 343 Å². The second-order valence-electron chi connectivity index (χ2n) is 14.8. The second kappa shape index (κ2) is 13.3. The van der Waals surface area contributed by atoms with Gasteiger partial charge in [0, 0.05) is 68.4 Å². The number of furan rings is 1. The van der Waals surface area contributed by atoms with Crippen molar-refractivity contribution in [2.45, 2.75) is 0 Å². The smallest absolute Gasteiger partial charge is 0.137 e. The number of benzene rings is 9. The Bertz CT molecular complexity index is 3510. The maximum absolute atomic E-state index is 6.62. The Hall–Kier alpha value is -6.98. The van der Waals surface area contributed by atoms with Crippen molar-refractivity contribution in [1.82, 2.24) is 0 Å². The molecule has 58 heavy (non-hydrogen) atoms. The van der Waals surface area contributed by atoms with Crippen LogP contribution in [0.3, 0.4) is 0 Å². The van der Waals surface area contributed by atoms with E-state index in [1.807, 2.05) is 28.7 Å². The zero-order chi connectivity index (χ0) is 38.2. The van der Waals surface area contributed by atoms with Crippen molar-refractivity contribution in [3.8, 4) is 33.4 Å². The number of hydrogen-bond acceptors (Lipinski definition) is 4. The SMILES string of the molecule is c1ccc(-c2ccc3c(c2)sc2c(-c4ccccc4)ccc(N(c4ccc5c(c4)oc4ccccc45)c4c(-c5ccccc5)ccc5sc6ccccc6c45)c23)cc1. The van der Waals surface area contributed by atoms with E-state index in [-0.39, 0.29) is 0 Å². The predicted molar refractivity (Wildman–Crippen MR) is 250 cm³/mol. The third-order valence-electron chi connectivity index (χ3n) is 11.5. The van der Waals surface area contributed by atoms with Crippen LogP contribution in [0.15, 0.2) is 205 Å². The van der Waals surface area contributed by atoms with Gasteiger partial charge in [-0.2, -0.15) is 0 Å². The molecular weight excluding hydrogens is 743 g/mol. The zero-order valence-corrected chi connectivity index (χ0v) is 32.9. The van der Waals surface area contributed by atoms with Gasteiger partial charge in [-0.15, -0.1) is 22.7 Å². The van der Waals surface area contributed by atoms with E-state index >= 15 is 0 Å². The molecule has 272 valence electrons. The lowest BCUT2D eigenvalue weighted by atomic mass is 9.95. The van der Waals surface area contributed by atoms with Crippen LogP contribution in [0.5, 0.6) is 0 Å². The average molecular weight is 776 g/mol. The first-order chi connectivity index (χ1) is 28.8. The summed E-state index contributed by atoms with van der Waals surface area (Å²) in [6.07, 6.45) is 0. The molecule has 4 heteroatoms. The average Bonchev–Trinajstić information content (AvgIpc) is 3.99. The molecule has 0 spiro atoms. The third kappa shape index (κ3) is 5.23. The summed E-state index contributed by atoms with van der Waals surface area (Å²) in [7, 11) is 0. The highest BCUT2D eigenvalue weighted by atomic mass is 32.1. The molecule has 12 aromatic rings. The number of nitrogens with zero attached hydrogens (tertiary/aromatic N) is 1. The van der Waals surface area contributed by atoms with Crippen molar-refractivity contribution in [3.63, 3.8) is 0 Å². The minimum atomic E-state index is 0.868. The summed E-state index contributed by atoms with van der Waals surface area (Å²) >= 11 is 3.74. The minimum absolute atomic E-state index is 0.868. The van der Waals surface area contributed by atoms with E-state index < -0.39 is 0 Å². The molecule has 0 saturated carbocycles. The van der Waals surface area contributed by atoms with Gasteiger partial charge < -0.3 is 9.32 Å². The zero-order valence-electron chi connectivity index (χ0n) is 31.2. The number of hydrogen-bond donors (Lipinski definition) is 0. The fourth-order valence-electron chi connectivity index (χ4n) is 8.83. The van der Waals surface area contributed by atoms with E-state index in [9.17, 15) is 0 Å². The molecule has 2 nitrogen and oxygen atoms in total. The normalized spacial score (nSPS) is 11.8. The lowest BCUT2D eigenvalue weighted by Crippen LogP contribution is -2.12. The molecule has 9 aromatic carbocycles. The lowest BCUT2D eigenvalue weighted by Gasteiger charge is -2.30. The molecule has 0 aliphatic rings. The maximum atomic E-state index is 6.62. The van der Waals surface area contributed by atoms with Gasteiger partial charge in [-0.3, -0.25) is 0 Å². The Morgan fingerprint density at radius 3 is 1.78 bits per heavy atom. The Morgan fingerprint density at radius 1 is 0.362 bits per heavy atom. The molecule has 0 unspecified atom stereocenters. The molecule has 0 atom stereocenters. The van der Waals surface area contributed by atoms with Gasteiger partial charge >= 0.3 is 0 Å². The molecule has 0 N–H and O–H groups in total. The maximum Gasteiger partial charge on any atom is 0.137 e. The lowest BCUT2D eigenvalue weighted by molar-refractivity contribution is 0.669. The van der Waals surface area contributed by atoms with Crippen molar-refractivity contribution in [2.75, 3.05) is 4.90 Å². The molecule has 12 rings (SSSR count). The Morgan fingerprint density at radius 2 is 0.983 bits per heavy atom. The van der Waals surface area contributed by atoms with Gasteiger partial charge in [0.25, 0.3) is 0 Å². The van der Waals surface area contributed by atoms with Gasteiger partial charge in [-0.05, 0) is 70.3 Å². The van der Waals surface area contributed by atoms with Crippen LogP contribution in [0.1, 0.15) is 0 Å². The van der Waals surface area contributed by atoms with Gasteiger partial charge in [0.2, 0.25) is 0 Å². The van der Waals surface area contributed by atoms with E-state index in [0.717, 1.165) is 39.0 Å². The van der Waals surface area contributed by atoms with E-state index in [2.05, 4.69) is 199 Å². The standard InChI is InChI=1S/C54H33NOS2/c1-4-14-34(15-5-1)37-24-26-44-50(32-37)58-54-40(36-18-8-3-9-19-36)28-30-45(51(44)54)55(38-25-27-42-41-20-10-12-22-46(41)56-47(42)33-38)53-39(35-16-6-2-7-17-35)29-31-49-52(53)43-21-11-13-23-48(43)57-49/h1-33H. The molecule has 0 radical (unpaired) electrons. The van der Waals surface area contributed by atoms with Crippen molar-refractivity contribution in [2.24, 2.45) is 0 Å². The van der Waals surface area contributed by atoms with Crippen molar-refractivity contribution in [3.05, 3.63) is 200 Å². The van der Waals surface area contributed by atoms with Crippen LogP contribution in [0, 0.1) is 0 Å². The highest BCUT2D eigenvalue weighted by Gasteiger charge is 2.27. The predicted octanol–water partition coefficient (Wildman–Crippen LogP) is 16.8. The van der Waals surface area contributed by atoms with Gasteiger partial charge in [-0.1, -0.05) is 152 Å². The first-order valence-electron chi connectivity index (χ1n) is 19.6. The largest absolute Gasteiger partial charge is 0.456 e. The summed E-state index contributed by atoms with van der Waals surface area (Å²) in [5.74, 6) is 0. The molecule has 0 aliphatic heterocycles. The first kappa shape index (κ1) is 33.2. The van der Waals surface area contributed by atoms with E-state index in [0.29, 0.717) is 0 Å². The van der Waals surface area contributed by atoms with Crippen LogP contribution in [0.2, 0.25) is 0 Å². The molecule has 0 bridgehead atoms. The van der Waals surface area contributed by atoms with Gasteiger partial charge in [-0.25, -0.2) is 0 Å². The monoisotopic (exact) mass is 775 g/mol. The molecule has 0 fully saturated rings. The van der Waals surface area contributed by atoms with Gasteiger partial charge in [0.15, 0.2) is 0 Å². The van der Waals surface area contributed by atoms with Crippen LogP contribution < -0.4 is 4.90 Å². The third-order valence-corrected chi connectivity index (χ3v) is 13.8. The van der Waals surface area contributed by atoms with Crippen molar-refractivity contribution >= 4 is 102 Å². The van der Waals surface area contributed by atoms with Crippen LogP contribution in [-0.4, -0.2) is 0 Å². The summed E-state index contributed by atoms with van der Waals surface area (Å²) in [6, 6.07) is 72.7. The minimum Gasteiger partial charge on any atom is -0.456 e. The molecule has 0 saturated heterocycles. The number of fused-ring (bicyclic) bond motifs is 9. The summed E-state index contributed by atoms with van der Waals surface area (Å²) in [5.41, 5.74) is 12.3. The second-order valence-corrected chi connectivity index (χ2v) is 16.9. The van der Waals surface area contributed by atoms with Crippen LogP contribution in [0.25, 0.3) is 95.7 Å². The van der Waals surface area contributed by atoms with Crippen LogP contribution in [-0.2, 0) is 0 Å². The van der Waals surface area contributed by atoms with Crippen molar-refractivity contribution in [1.29, 1.82) is 0 Å². The quantitative estimate of drug-likeness (QED) is 0.167. The van der Waals surface area contributed by atoms with Gasteiger partial charge in [0.1, 0.15) is 11.2 Å². The summed E-state index contributed by atoms with van der Waals surface area (Å²) in [4.78, 5) is 2.53. The summed E-state index contributed by atoms with van der Waals surface area (Å²) in [6.45, 7) is 0. The Kier molecular flexibility index (Phi) is 7.62. The van der Waals surface area contributed by atoms with E-state index in [1.54, 1.807) is 0 Å². The van der Waals surface area contributed by atoms with E-state index in [1.165, 1.54) is 73.7 Å².